The second-order valence-electron chi connectivity index (χ2n) is 9.09. The minimum Gasteiger partial charge on any atom is -0.381 e. The van der Waals surface area contributed by atoms with Gasteiger partial charge in [-0.3, -0.25) is 4.79 Å². The number of carbonyl (C=O) groups excluding carboxylic acids is 1. The van der Waals surface area contributed by atoms with Crippen molar-refractivity contribution in [2.75, 3.05) is 36.5 Å². The summed E-state index contributed by atoms with van der Waals surface area (Å²) < 4.78 is 35.2. The molecule has 3 aromatic heterocycles. The fourth-order valence-corrected chi connectivity index (χ4v) is 4.58. The summed E-state index contributed by atoms with van der Waals surface area (Å²) in [6.07, 6.45) is 3.79. The van der Waals surface area contributed by atoms with E-state index in [4.69, 9.17) is 9.84 Å². The minimum absolute atomic E-state index is 0.126. The number of alkyl halides is 2. The highest BCUT2D eigenvalue weighted by Gasteiger charge is 2.45. The Morgan fingerprint density at radius 2 is 2.06 bits per heavy atom. The molecule has 11 heteroatoms. The first kappa shape index (κ1) is 21.6. The highest BCUT2D eigenvalue weighted by Crippen LogP contribution is 2.42. The second-order valence-corrected chi connectivity index (χ2v) is 9.09. The molecule has 0 atom stereocenters. The molecule has 0 aliphatic carbocycles. The first-order valence-electron chi connectivity index (χ1n) is 10.9. The molecular weight excluding hydrogens is 432 g/mol. The number of fused-ring (bicyclic) bond motifs is 1. The number of hydrogen-bond donors (Lipinski definition) is 1. The summed E-state index contributed by atoms with van der Waals surface area (Å²) in [4.78, 5) is 26.0. The van der Waals surface area contributed by atoms with Gasteiger partial charge in [0, 0.05) is 63.0 Å². The van der Waals surface area contributed by atoms with Gasteiger partial charge in [-0.25, -0.2) is 19.6 Å². The predicted octanol–water partition coefficient (Wildman–Crippen LogP) is 3.21. The number of nitrogens with one attached hydrogen (secondary N) is 1. The minimum atomic E-state index is -3.19. The number of anilines is 2. The van der Waals surface area contributed by atoms with Crippen LogP contribution in [0.4, 0.5) is 20.4 Å². The molecule has 5 heterocycles. The molecule has 2 aliphatic rings. The predicted molar refractivity (Wildman–Crippen MR) is 118 cm³/mol. The number of hydrogen-bond acceptors (Lipinski definition) is 7. The molecule has 0 aromatic carbocycles. The number of pyridine rings is 1. The quantitative estimate of drug-likeness (QED) is 0.642. The summed E-state index contributed by atoms with van der Waals surface area (Å²) in [6, 6.07) is 3.28. The zero-order valence-corrected chi connectivity index (χ0v) is 18.7. The molecule has 174 valence electrons. The normalized spacial score (nSPS) is 17.9. The van der Waals surface area contributed by atoms with Gasteiger partial charge in [-0.15, -0.1) is 5.10 Å². The Bertz CT molecular complexity index is 1220. The molecular formula is C22H25F2N7O2. The van der Waals surface area contributed by atoms with Gasteiger partial charge in [0.25, 0.3) is 0 Å². The molecule has 0 saturated carbocycles. The van der Waals surface area contributed by atoms with Gasteiger partial charge < -0.3 is 15.0 Å². The Labute approximate surface area is 189 Å². The first-order chi connectivity index (χ1) is 15.6. The van der Waals surface area contributed by atoms with Crippen LogP contribution in [0.5, 0.6) is 0 Å². The third-order valence-electron chi connectivity index (χ3n) is 6.06. The maximum absolute atomic E-state index is 14.0. The summed E-state index contributed by atoms with van der Waals surface area (Å²) in [5.74, 6) is -2.76. The number of ether oxygens (including phenoxy) is 1. The van der Waals surface area contributed by atoms with Gasteiger partial charge in [0.2, 0.25) is 11.7 Å². The molecule has 1 amide bonds. The molecule has 1 N–H and O–H groups in total. The maximum Gasteiger partial charge on any atom is 0.303 e. The average molecular weight is 457 g/mol. The second kappa shape index (κ2) is 7.68. The highest BCUT2D eigenvalue weighted by atomic mass is 19.3. The number of amides is 1. The lowest BCUT2D eigenvalue weighted by Gasteiger charge is -2.52. The number of nitrogens with zero attached hydrogens (tertiary/aromatic N) is 6. The number of aryl methyl sites for hydroxylation is 1. The van der Waals surface area contributed by atoms with E-state index in [0.29, 0.717) is 22.8 Å². The topological polar surface area (TPSA) is 98.1 Å². The Hall–Kier alpha value is -3.21. The first-order valence-corrected chi connectivity index (χ1v) is 10.9. The van der Waals surface area contributed by atoms with Gasteiger partial charge in [-0.1, -0.05) is 0 Å². The van der Waals surface area contributed by atoms with E-state index in [0.717, 1.165) is 51.5 Å². The van der Waals surface area contributed by atoms with Crippen LogP contribution >= 0.6 is 0 Å². The number of aromatic nitrogens is 5. The van der Waals surface area contributed by atoms with Crippen LogP contribution in [0.2, 0.25) is 0 Å². The van der Waals surface area contributed by atoms with Crippen LogP contribution < -0.4 is 10.2 Å². The van der Waals surface area contributed by atoms with Crippen LogP contribution in [0, 0.1) is 12.3 Å². The fourth-order valence-electron chi connectivity index (χ4n) is 4.58. The number of rotatable bonds is 4. The smallest absolute Gasteiger partial charge is 0.303 e. The van der Waals surface area contributed by atoms with Crippen LogP contribution in [-0.2, 0) is 15.5 Å². The third-order valence-corrected chi connectivity index (χ3v) is 6.06. The van der Waals surface area contributed by atoms with Gasteiger partial charge >= 0.3 is 5.92 Å². The zero-order valence-electron chi connectivity index (χ0n) is 18.7. The monoisotopic (exact) mass is 457 g/mol. The third kappa shape index (κ3) is 4.01. The van der Waals surface area contributed by atoms with Crippen molar-refractivity contribution >= 4 is 28.4 Å². The van der Waals surface area contributed by atoms with E-state index >= 15 is 0 Å². The fraction of sp³-hybridized carbons (Fsp3) is 0.500. The van der Waals surface area contributed by atoms with E-state index in [1.165, 1.54) is 11.6 Å². The number of carbonyl (C=O) groups is 1. The largest absolute Gasteiger partial charge is 0.381 e. The van der Waals surface area contributed by atoms with Crippen molar-refractivity contribution in [2.45, 2.75) is 39.5 Å². The van der Waals surface area contributed by atoms with Crippen molar-refractivity contribution in [3.63, 3.8) is 0 Å². The molecule has 0 unspecified atom stereocenters. The van der Waals surface area contributed by atoms with E-state index < -0.39 is 11.7 Å². The Kier molecular flexibility index (Phi) is 5.04. The molecule has 1 spiro atoms. The highest BCUT2D eigenvalue weighted by molar-refractivity contribution is 5.95. The zero-order chi connectivity index (χ0) is 23.4. The lowest BCUT2D eigenvalue weighted by molar-refractivity contribution is -0.114. The van der Waals surface area contributed by atoms with Crippen molar-refractivity contribution in [1.82, 2.24) is 24.7 Å². The SMILES string of the molecule is CC(=O)Nc1cc2c(cn1)c(N1CC3(CCCOC3)C1)nn2-c1cc(C)nc(C(C)(F)F)n1. The Morgan fingerprint density at radius 1 is 1.27 bits per heavy atom. The van der Waals surface area contributed by atoms with E-state index in [1.807, 2.05) is 0 Å². The van der Waals surface area contributed by atoms with Crippen molar-refractivity contribution in [1.29, 1.82) is 0 Å². The van der Waals surface area contributed by atoms with Crippen molar-refractivity contribution in [3.8, 4) is 5.82 Å². The van der Waals surface area contributed by atoms with Crippen molar-refractivity contribution < 1.29 is 18.3 Å². The van der Waals surface area contributed by atoms with Crippen molar-refractivity contribution in [3.05, 3.63) is 29.8 Å². The lowest BCUT2D eigenvalue weighted by atomic mass is 9.75. The lowest BCUT2D eigenvalue weighted by Crippen LogP contribution is -2.60. The van der Waals surface area contributed by atoms with Gasteiger partial charge in [0.15, 0.2) is 11.6 Å². The molecule has 33 heavy (non-hydrogen) atoms. The van der Waals surface area contributed by atoms with Crippen LogP contribution in [0.3, 0.4) is 0 Å². The van der Waals surface area contributed by atoms with Crippen LogP contribution in [0.25, 0.3) is 16.7 Å². The summed E-state index contributed by atoms with van der Waals surface area (Å²) in [7, 11) is 0. The van der Waals surface area contributed by atoms with Gasteiger partial charge in [-0.2, -0.15) is 8.78 Å². The molecule has 5 rings (SSSR count). The van der Waals surface area contributed by atoms with E-state index in [9.17, 15) is 13.6 Å². The Morgan fingerprint density at radius 3 is 2.73 bits per heavy atom. The Balaban J connectivity index is 1.61. The summed E-state index contributed by atoms with van der Waals surface area (Å²) in [6.45, 7) is 6.92. The standard InChI is InChI=1S/C22H25F2N7O2/c1-13-7-18(28-20(26-13)21(3,23)24)31-16-8-17(27-14(2)32)25-9-15(16)19(29-31)30-10-22(11-30)5-4-6-33-12-22/h7-9H,4-6,10-12H2,1-3H3,(H,25,27,32). The molecule has 0 bridgehead atoms. The van der Waals surface area contributed by atoms with Crippen molar-refractivity contribution in [2.24, 2.45) is 5.41 Å². The molecule has 2 saturated heterocycles. The number of halogens is 2. The molecule has 3 aromatic rings. The summed E-state index contributed by atoms with van der Waals surface area (Å²) in [5.41, 5.74) is 1.13. The maximum atomic E-state index is 14.0. The van der Waals surface area contributed by atoms with E-state index in [2.05, 4.69) is 25.2 Å². The molecule has 0 radical (unpaired) electrons. The van der Waals surface area contributed by atoms with Crippen LogP contribution in [0.15, 0.2) is 18.3 Å². The molecule has 2 fully saturated rings. The summed E-state index contributed by atoms with van der Waals surface area (Å²) in [5, 5.41) is 8.17. The van der Waals surface area contributed by atoms with Crippen LogP contribution in [0.1, 0.15) is 38.2 Å². The average Bonchev–Trinajstić information content (AvgIpc) is 3.09. The van der Waals surface area contributed by atoms with Crippen LogP contribution in [-0.4, -0.2) is 56.9 Å². The van der Waals surface area contributed by atoms with Gasteiger partial charge in [0.05, 0.1) is 17.5 Å². The molecule has 9 nitrogen and oxygen atoms in total. The molecule has 2 aliphatic heterocycles. The van der Waals surface area contributed by atoms with E-state index in [-0.39, 0.29) is 17.1 Å². The van der Waals surface area contributed by atoms with E-state index in [1.54, 1.807) is 25.3 Å². The van der Waals surface area contributed by atoms with Gasteiger partial charge in [0.1, 0.15) is 5.82 Å². The summed E-state index contributed by atoms with van der Waals surface area (Å²) >= 11 is 0. The van der Waals surface area contributed by atoms with Gasteiger partial charge in [-0.05, 0) is 19.8 Å².